The van der Waals surface area contributed by atoms with E-state index in [0.717, 1.165) is 18.2 Å². The number of hydrogen-bond acceptors (Lipinski definition) is 5. The van der Waals surface area contributed by atoms with E-state index >= 15 is 0 Å². The number of carbonyl (C=O) groups is 3. The van der Waals surface area contributed by atoms with Gasteiger partial charge in [-0.2, -0.15) is 0 Å². The van der Waals surface area contributed by atoms with E-state index in [1.165, 1.54) is 17.0 Å². The zero-order valence-corrected chi connectivity index (χ0v) is 17.5. The lowest BCUT2D eigenvalue weighted by atomic mass is 10.1. The van der Waals surface area contributed by atoms with E-state index in [0.29, 0.717) is 53.6 Å². The summed E-state index contributed by atoms with van der Waals surface area (Å²) < 4.78 is 14.2. The van der Waals surface area contributed by atoms with Gasteiger partial charge in [0.05, 0.1) is 4.91 Å². The Balaban J connectivity index is 1.70. The van der Waals surface area contributed by atoms with Gasteiger partial charge in [0.1, 0.15) is 10.1 Å². The number of carboxylic acid groups (broad SMARTS) is 1. The summed E-state index contributed by atoms with van der Waals surface area (Å²) in [5.41, 5.74) is 0.349. The van der Waals surface area contributed by atoms with Gasteiger partial charge in [-0.1, -0.05) is 48.6 Å². The lowest BCUT2D eigenvalue weighted by Crippen LogP contribution is -2.29. The molecule has 0 aromatic heterocycles. The highest BCUT2D eigenvalue weighted by atomic mass is 32.2. The molecule has 0 unspecified atom stereocenters. The summed E-state index contributed by atoms with van der Waals surface area (Å²) >= 11 is 6.43. The SMILES string of the molecule is O=C(O)CCCNC(=O)CCCCCN1C(=O)/C(=C/c2ccccc2F)SC1=S. The molecule has 6 nitrogen and oxygen atoms in total. The number of thiocarbonyl (C=S) groups is 1. The Morgan fingerprint density at radius 1 is 1.17 bits per heavy atom. The highest BCUT2D eigenvalue weighted by Gasteiger charge is 2.31. The summed E-state index contributed by atoms with van der Waals surface area (Å²) in [5, 5.41) is 11.2. The van der Waals surface area contributed by atoms with Gasteiger partial charge in [0.2, 0.25) is 5.91 Å². The summed E-state index contributed by atoms with van der Waals surface area (Å²) in [6.07, 6.45) is 4.45. The van der Waals surface area contributed by atoms with Gasteiger partial charge in [0.15, 0.2) is 0 Å². The third-order valence-electron chi connectivity index (χ3n) is 4.24. The van der Waals surface area contributed by atoms with Crippen LogP contribution in [0.3, 0.4) is 0 Å². The number of rotatable bonds is 11. The minimum atomic E-state index is -0.876. The van der Waals surface area contributed by atoms with Crippen molar-refractivity contribution in [1.82, 2.24) is 10.2 Å². The van der Waals surface area contributed by atoms with Crippen molar-refractivity contribution in [3.63, 3.8) is 0 Å². The standard InChI is InChI=1S/C20H23FN2O4S2/c21-15-8-4-3-7-14(15)13-16-19(27)23(20(28)29-16)12-5-1-2-9-17(24)22-11-6-10-18(25)26/h3-4,7-8,13H,1-2,5-6,9-12H2,(H,22,24)(H,25,26)/b16-13-. The van der Waals surface area contributed by atoms with Crippen molar-refractivity contribution in [2.24, 2.45) is 0 Å². The normalized spacial score (nSPS) is 15.2. The van der Waals surface area contributed by atoms with Gasteiger partial charge < -0.3 is 10.4 Å². The second kappa shape index (κ2) is 11.7. The van der Waals surface area contributed by atoms with Crippen molar-refractivity contribution in [3.05, 3.63) is 40.6 Å². The molecule has 1 aliphatic heterocycles. The third-order valence-corrected chi connectivity index (χ3v) is 5.62. The van der Waals surface area contributed by atoms with Gasteiger partial charge in [-0.3, -0.25) is 19.3 Å². The Hall–Kier alpha value is -2.26. The lowest BCUT2D eigenvalue weighted by Gasteiger charge is -2.14. The number of carbonyl (C=O) groups excluding carboxylic acids is 2. The fourth-order valence-electron chi connectivity index (χ4n) is 2.71. The number of aliphatic carboxylic acids is 1. The number of amides is 2. The summed E-state index contributed by atoms with van der Waals surface area (Å²) in [6.45, 7) is 0.815. The molecule has 0 spiro atoms. The van der Waals surface area contributed by atoms with Crippen molar-refractivity contribution < 1.29 is 23.9 Å². The molecule has 0 radical (unpaired) electrons. The number of hydrogen-bond donors (Lipinski definition) is 2. The topological polar surface area (TPSA) is 86.7 Å². The van der Waals surface area contributed by atoms with E-state index in [4.69, 9.17) is 17.3 Å². The van der Waals surface area contributed by atoms with Crippen LogP contribution in [0.25, 0.3) is 6.08 Å². The molecule has 1 heterocycles. The summed E-state index contributed by atoms with van der Waals surface area (Å²) in [7, 11) is 0. The van der Waals surface area contributed by atoms with E-state index in [-0.39, 0.29) is 24.1 Å². The number of unbranched alkanes of at least 4 members (excludes halogenated alkanes) is 2. The molecule has 1 aliphatic rings. The summed E-state index contributed by atoms with van der Waals surface area (Å²) in [6, 6.07) is 6.25. The van der Waals surface area contributed by atoms with Crippen LogP contribution in [-0.4, -0.2) is 45.2 Å². The third kappa shape index (κ3) is 7.58. The number of nitrogens with zero attached hydrogens (tertiary/aromatic N) is 1. The van der Waals surface area contributed by atoms with E-state index in [1.807, 2.05) is 0 Å². The molecule has 1 aromatic carbocycles. The van der Waals surface area contributed by atoms with Crippen LogP contribution in [-0.2, 0) is 14.4 Å². The molecule has 2 amide bonds. The van der Waals surface area contributed by atoms with Gasteiger partial charge in [-0.15, -0.1) is 0 Å². The van der Waals surface area contributed by atoms with Crippen LogP contribution in [0.5, 0.6) is 0 Å². The Morgan fingerprint density at radius 2 is 1.93 bits per heavy atom. The zero-order chi connectivity index (χ0) is 21.2. The fraction of sp³-hybridized carbons (Fsp3) is 0.400. The molecule has 0 aliphatic carbocycles. The van der Waals surface area contributed by atoms with Gasteiger partial charge in [0, 0.05) is 31.5 Å². The smallest absolute Gasteiger partial charge is 0.303 e. The first-order chi connectivity index (χ1) is 13.9. The van der Waals surface area contributed by atoms with Crippen LogP contribution in [0.2, 0.25) is 0 Å². The maximum absolute atomic E-state index is 13.8. The Bertz CT molecular complexity index is 813. The molecule has 0 bridgehead atoms. The van der Waals surface area contributed by atoms with Gasteiger partial charge in [-0.25, -0.2) is 4.39 Å². The molecule has 156 valence electrons. The predicted molar refractivity (Wildman–Crippen MR) is 115 cm³/mol. The Morgan fingerprint density at radius 3 is 2.66 bits per heavy atom. The van der Waals surface area contributed by atoms with E-state index in [2.05, 4.69) is 5.32 Å². The average Bonchev–Trinajstić information content (AvgIpc) is 2.94. The minimum absolute atomic E-state index is 0.0371. The van der Waals surface area contributed by atoms with Crippen molar-refractivity contribution >= 4 is 52.2 Å². The van der Waals surface area contributed by atoms with Crippen LogP contribution < -0.4 is 5.32 Å². The zero-order valence-electron chi connectivity index (χ0n) is 15.9. The monoisotopic (exact) mass is 438 g/mol. The molecular weight excluding hydrogens is 415 g/mol. The van der Waals surface area contributed by atoms with E-state index in [1.54, 1.807) is 18.2 Å². The van der Waals surface area contributed by atoms with Gasteiger partial charge >= 0.3 is 5.97 Å². The first-order valence-corrected chi connectivity index (χ1v) is 10.6. The molecule has 1 aromatic rings. The van der Waals surface area contributed by atoms with E-state index < -0.39 is 5.97 Å². The fourth-order valence-corrected chi connectivity index (χ4v) is 4.01. The van der Waals surface area contributed by atoms with Crippen molar-refractivity contribution in [1.29, 1.82) is 0 Å². The number of nitrogens with one attached hydrogen (secondary N) is 1. The number of carboxylic acids is 1. The maximum Gasteiger partial charge on any atom is 0.303 e. The number of thioether (sulfide) groups is 1. The molecule has 29 heavy (non-hydrogen) atoms. The van der Waals surface area contributed by atoms with Crippen LogP contribution >= 0.6 is 24.0 Å². The van der Waals surface area contributed by atoms with Crippen LogP contribution in [0, 0.1) is 5.82 Å². The average molecular weight is 439 g/mol. The molecule has 9 heteroatoms. The molecule has 1 fully saturated rings. The van der Waals surface area contributed by atoms with Gasteiger partial charge in [-0.05, 0) is 31.4 Å². The second-order valence-electron chi connectivity index (χ2n) is 6.51. The second-order valence-corrected chi connectivity index (χ2v) is 8.19. The quantitative estimate of drug-likeness (QED) is 0.312. The Kier molecular flexibility index (Phi) is 9.27. The van der Waals surface area contributed by atoms with Crippen molar-refractivity contribution in [2.75, 3.05) is 13.1 Å². The minimum Gasteiger partial charge on any atom is -0.481 e. The molecule has 1 saturated heterocycles. The maximum atomic E-state index is 13.8. The number of halogens is 1. The molecule has 2 rings (SSSR count). The first kappa shape index (κ1) is 23.0. The first-order valence-electron chi connectivity index (χ1n) is 9.37. The molecule has 0 atom stereocenters. The van der Waals surface area contributed by atoms with Crippen molar-refractivity contribution in [3.8, 4) is 0 Å². The number of benzene rings is 1. The van der Waals surface area contributed by atoms with Crippen LogP contribution in [0.4, 0.5) is 4.39 Å². The van der Waals surface area contributed by atoms with Crippen molar-refractivity contribution in [2.45, 2.75) is 38.5 Å². The molecule has 0 saturated carbocycles. The molecule has 2 N–H and O–H groups in total. The summed E-state index contributed by atoms with van der Waals surface area (Å²) in [4.78, 5) is 36.5. The van der Waals surface area contributed by atoms with Crippen LogP contribution in [0.15, 0.2) is 29.2 Å². The highest BCUT2D eigenvalue weighted by molar-refractivity contribution is 8.26. The predicted octanol–water partition coefficient (Wildman–Crippen LogP) is 3.57. The Labute approximate surface area is 178 Å². The summed E-state index contributed by atoms with van der Waals surface area (Å²) in [5.74, 6) is -1.59. The van der Waals surface area contributed by atoms with E-state index in [9.17, 15) is 18.8 Å². The van der Waals surface area contributed by atoms with Gasteiger partial charge in [0.25, 0.3) is 5.91 Å². The lowest BCUT2D eigenvalue weighted by molar-refractivity contribution is -0.137. The largest absolute Gasteiger partial charge is 0.481 e. The highest BCUT2D eigenvalue weighted by Crippen LogP contribution is 2.33. The molecular formula is C20H23FN2O4S2. The van der Waals surface area contributed by atoms with Crippen LogP contribution in [0.1, 0.15) is 44.1 Å².